The van der Waals surface area contributed by atoms with Crippen molar-refractivity contribution in [3.05, 3.63) is 78.9 Å². The third-order valence-electron chi connectivity index (χ3n) is 3.82. The number of ether oxygens (including phenoxy) is 3. The summed E-state index contributed by atoms with van der Waals surface area (Å²) in [7, 11) is 1.63. The Morgan fingerprint density at radius 1 is 1.04 bits per heavy atom. The van der Waals surface area contributed by atoms with E-state index in [4.69, 9.17) is 14.2 Å². The molecule has 7 nitrogen and oxygen atoms in total. The number of benzene rings is 2. The molecule has 0 saturated carbocycles. The van der Waals surface area contributed by atoms with Crippen LogP contribution >= 0.6 is 0 Å². The molecule has 0 saturated heterocycles. The summed E-state index contributed by atoms with van der Waals surface area (Å²) in [5.41, 5.74) is 2.03. The van der Waals surface area contributed by atoms with Gasteiger partial charge >= 0.3 is 0 Å². The molecule has 0 N–H and O–H groups in total. The summed E-state index contributed by atoms with van der Waals surface area (Å²) in [4.78, 5) is 0. The molecule has 0 atom stereocenters. The predicted octanol–water partition coefficient (Wildman–Crippen LogP) is 3.36. The Bertz CT molecular complexity index is 923. The first-order chi connectivity index (χ1) is 13.8. The molecule has 0 aliphatic carbocycles. The third-order valence-corrected chi connectivity index (χ3v) is 3.82. The molecule has 144 valence electrons. The van der Waals surface area contributed by atoms with Gasteiger partial charge in [0.15, 0.2) is 11.5 Å². The fraction of sp³-hybridized carbons (Fsp3) is 0.190. The molecular weight excluding hydrogens is 356 g/mol. The standard InChI is InChI=1S/C21H22N4O3/c1-3-5-17-8-9-20(21(13-17)26-2)28-11-10-27-19-7-4-6-18(12-19)14-24-25-15-22-23-16-25/h3-4,6-9,12-16H,1,5,10-11H2,2H3. The van der Waals surface area contributed by atoms with Crippen LogP contribution in [0.15, 0.2) is 72.9 Å². The number of hydrogen-bond acceptors (Lipinski definition) is 6. The van der Waals surface area contributed by atoms with Gasteiger partial charge < -0.3 is 14.2 Å². The Hall–Kier alpha value is -3.61. The Labute approximate surface area is 163 Å². The maximum Gasteiger partial charge on any atom is 0.161 e. The van der Waals surface area contributed by atoms with Crippen molar-refractivity contribution in [3.8, 4) is 17.2 Å². The molecular formula is C21H22N4O3. The second-order valence-corrected chi connectivity index (χ2v) is 5.83. The predicted molar refractivity (Wildman–Crippen MR) is 107 cm³/mol. The minimum Gasteiger partial charge on any atom is -0.493 e. The van der Waals surface area contributed by atoms with E-state index in [1.165, 1.54) is 17.3 Å². The van der Waals surface area contributed by atoms with E-state index in [0.717, 1.165) is 23.3 Å². The molecule has 0 radical (unpaired) electrons. The maximum atomic E-state index is 5.79. The Morgan fingerprint density at radius 2 is 1.86 bits per heavy atom. The molecule has 7 heteroatoms. The molecule has 3 aromatic rings. The van der Waals surface area contributed by atoms with Crippen LogP contribution in [0, 0.1) is 0 Å². The van der Waals surface area contributed by atoms with Gasteiger partial charge in [0.1, 0.15) is 31.6 Å². The number of aromatic nitrogens is 3. The largest absolute Gasteiger partial charge is 0.493 e. The van der Waals surface area contributed by atoms with Gasteiger partial charge in [0.2, 0.25) is 0 Å². The quantitative estimate of drug-likeness (QED) is 0.307. The summed E-state index contributed by atoms with van der Waals surface area (Å²) < 4.78 is 18.5. The topological polar surface area (TPSA) is 70.8 Å². The molecule has 3 rings (SSSR count). The van der Waals surface area contributed by atoms with Gasteiger partial charge in [0.05, 0.1) is 13.3 Å². The number of allylic oxidation sites excluding steroid dienone is 1. The van der Waals surface area contributed by atoms with Crippen LogP contribution in [0.2, 0.25) is 0 Å². The number of methoxy groups -OCH3 is 1. The van der Waals surface area contributed by atoms with E-state index in [1.807, 2.05) is 48.5 Å². The van der Waals surface area contributed by atoms with E-state index in [-0.39, 0.29) is 0 Å². The zero-order valence-electron chi connectivity index (χ0n) is 15.7. The van der Waals surface area contributed by atoms with Gasteiger partial charge in [-0.15, -0.1) is 16.8 Å². The lowest BCUT2D eigenvalue weighted by Gasteiger charge is -2.12. The molecule has 0 amide bonds. The van der Waals surface area contributed by atoms with Gasteiger partial charge in [-0.1, -0.05) is 24.3 Å². The summed E-state index contributed by atoms with van der Waals surface area (Å²) in [6, 6.07) is 13.5. The van der Waals surface area contributed by atoms with E-state index >= 15 is 0 Å². The second-order valence-electron chi connectivity index (χ2n) is 5.83. The van der Waals surface area contributed by atoms with Crippen LogP contribution in [0.3, 0.4) is 0 Å². The van der Waals surface area contributed by atoms with Gasteiger partial charge in [-0.05, 0) is 41.8 Å². The minimum absolute atomic E-state index is 0.399. The molecule has 0 aliphatic rings. The summed E-state index contributed by atoms with van der Waals surface area (Å²) in [6.45, 7) is 4.56. The summed E-state index contributed by atoms with van der Waals surface area (Å²) in [6.07, 6.45) is 7.40. The van der Waals surface area contributed by atoms with Crippen molar-refractivity contribution >= 4 is 6.21 Å². The van der Waals surface area contributed by atoms with Crippen LogP contribution < -0.4 is 14.2 Å². The molecule has 0 aliphatic heterocycles. The summed E-state index contributed by atoms with van der Waals surface area (Å²) in [5.74, 6) is 2.13. The zero-order chi connectivity index (χ0) is 19.6. The second kappa shape index (κ2) is 9.91. The molecule has 28 heavy (non-hydrogen) atoms. The molecule has 0 bridgehead atoms. The molecule has 2 aromatic carbocycles. The van der Waals surface area contributed by atoms with Crippen LogP contribution in [-0.2, 0) is 6.42 Å². The molecule has 0 spiro atoms. The first-order valence-corrected chi connectivity index (χ1v) is 8.81. The van der Waals surface area contributed by atoms with Crippen molar-refractivity contribution in [3.63, 3.8) is 0 Å². The number of hydrogen-bond donors (Lipinski definition) is 0. The zero-order valence-corrected chi connectivity index (χ0v) is 15.7. The SMILES string of the molecule is C=CCc1ccc(OCCOc2cccc(C=Nn3cnnc3)c2)c(OC)c1. The first-order valence-electron chi connectivity index (χ1n) is 8.81. The highest BCUT2D eigenvalue weighted by atomic mass is 16.5. The number of nitrogens with zero attached hydrogens (tertiary/aromatic N) is 4. The van der Waals surface area contributed by atoms with Crippen LogP contribution in [0.25, 0.3) is 0 Å². The summed E-state index contributed by atoms with van der Waals surface area (Å²) >= 11 is 0. The van der Waals surface area contributed by atoms with Crippen molar-refractivity contribution in [1.29, 1.82) is 0 Å². The fourth-order valence-corrected chi connectivity index (χ4v) is 2.51. The fourth-order valence-electron chi connectivity index (χ4n) is 2.51. The van der Waals surface area contributed by atoms with E-state index in [0.29, 0.717) is 24.7 Å². The van der Waals surface area contributed by atoms with Crippen molar-refractivity contribution in [2.24, 2.45) is 5.10 Å². The van der Waals surface area contributed by atoms with Crippen LogP contribution in [0.4, 0.5) is 0 Å². The smallest absolute Gasteiger partial charge is 0.161 e. The molecule has 1 aromatic heterocycles. The molecule has 1 heterocycles. The lowest BCUT2D eigenvalue weighted by Crippen LogP contribution is -2.09. The van der Waals surface area contributed by atoms with Gasteiger partial charge in [0.25, 0.3) is 0 Å². The highest BCUT2D eigenvalue weighted by Gasteiger charge is 2.05. The number of rotatable bonds is 10. The normalized spacial score (nSPS) is 10.8. The third kappa shape index (κ3) is 5.44. The van der Waals surface area contributed by atoms with Crippen molar-refractivity contribution in [2.45, 2.75) is 6.42 Å². The van der Waals surface area contributed by atoms with Crippen LogP contribution in [0.1, 0.15) is 11.1 Å². The lowest BCUT2D eigenvalue weighted by molar-refractivity contribution is 0.211. The van der Waals surface area contributed by atoms with Crippen molar-refractivity contribution < 1.29 is 14.2 Å². The van der Waals surface area contributed by atoms with Crippen molar-refractivity contribution in [1.82, 2.24) is 14.9 Å². The van der Waals surface area contributed by atoms with Gasteiger partial charge in [-0.25, -0.2) is 4.68 Å². The maximum absolute atomic E-state index is 5.79. The Balaban J connectivity index is 1.51. The van der Waals surface area contributed by atoms with E-state index in [2.05, 4.69) is 21.9 Å². The lowest BCUT2D eigenvalue weighted by atomic mass is 10.1. The molecule has 0 unspecified atom stereocenters. The monoisotopic (exact) mass is 378 g/mol. The Morgan fingerprint density at radius 3 is 2.64 bits per heavy atom. The van der Waals surface area contributed by atoms with E-state index in [1.54, 1.807) is 13.3 Å². The van der Waals surface area contributed by atoms with Gasteiger partial charge in [0, 0.05) is 0 Å². The Kier molecular flexibility index (Phi) is 6.78. The van der Waals surface area contributed by atoms with E-state index < -0.39 is 0 Å². The minimum atomic E-state index is 0.399. The molecule has 0 fully saturated rings. The van der Waals surface area contributed by atoms with Crippen LogP contribution in [-0.4, -0.2) is 41.4 Å². The highest BCUT2D eigenvalue weighted by molar-refractivity contribution is 5.80. The average Bonchev–Trinajstić information content (AvgIpc) is 3.24. The van der Waals surface area contributed by atoms with Crippen molar-refractivity contribution in [2.75, 3.05) is 20.3 Å². The summed E-state index contributed by atoms with van der Waals surface area (Å²) in [5, 5.41) is 11.6. The van der Waals surface area contributed by atoms with Crippen LogP contribution in [0.5, 0.6) is 17.2 Å². The van der Waals surface area contributed by atoms with E-state index in [9.17, 15) is 0 Å². The first kappa shape index (κ1) is 19.2. The average molecular weight is 378 g/mol. The van der Waals surface area contributed by atoms with Gasteiger partial charge in [-0.3, -0.25) is 0 Å². The van der Waals surface area contributed by atoms with Gasteiger partial charge in [-0.2, -0.15) is 5.10 Å². The highest BCUT2D eigenvalue weighted by Crippen LogP contribution is 2.28.